The van der Waals surface area contributed by atoms with E-state index in [2.05, 4.69) is 10.0 Å². The topological polar surface area (TPSA) is 75.3 Å². The Balaban J connectivity index is 1.61. The summed E-state index contributed by atoms with van der Waals surface area (Å²) >= 11 is 5.73. The van der Waals surface area contributed by atoms with Crippen LogP contribution < -0.4 is 10.0 Å². The number of nitrogens with one attached hydrogen (secondary N) is 2. The molecule has 0 aromatic heterocycles. The molecule has 2 aliphatic carbocycles. The largest absolute Gasteiger partial charge is 0.322 e. The van der Waals surface area contributed by atoms with Gasteiger partial charge in [0.05, 0.1) is 16.3 Å². The minimum Gasteiger partial charge on any atom is -0.322 e. The monoisotopic (exact) mass is 426 g/mol. The number of benzene rings is 2. The number of anilines is 1. The van der Waals surface area contributed by atoms with Gasteiger partial charge in [0.25, 0.3) is 5.91 Å². The van der Waals surface area contributed by atoms with Gasteiger partial charge in [0.2, 0.25) is 10.0 Å². The van der Waals surface area contributed by atoms with E-state index in [-0.39, 0.29) is 16.1 Å². The van der Waals surface area contributed by atoms with Crippen LogP contribution in [0, 0.1) is 11.6 Å². The van der Waals surface area contributed by atoms with Gasteiger partial charge < -0.3 is 5.32 Å². The third-order valence-corrected chi connectivity index (χ3v) is 7.28. The fourth-order valence-corrected chi connectivity index (χ4v) is 5.25. The maximum absolute atomic E-state index is 14.5. The first-order valence-electron chi connectivity index (χ1n) is 8.85. The average molecular weight is 427 g/mol. The molecular weight excluding hydrogens is 410 g/mol. The molecule has 5 nitrogen and oxygen atoms in total. The first-order chi connectivity index (χ1) is 13.3. The van der Waals surface area contributed by atoms with E-state index in [0.29, 0.717) is 36.9 Å². The van der Waals surface area contributed by atoms with Gasteiger partial charge in [-0.2, -0.15) is 0 Å². The molecule has 0 heterocycles. The molecule has 2 N–H and O–H groups in total. The first kappa shape index (κ1) is 19.3. The highest BCUT2D eigenvalue weighted by Gasteiger charge is 2.39. The fourth-order valence-electron chi connectivity index (χ4n) is 3.49. The molecule has 1 atom stereocenters. The number of rotatable bonds is 5. The fraction of sp³-hybridized carbons (Fsp3) is 0.316. The van der Waals surface area contributed by atoms with E-state index >= 15 is 0 Å². The van der Waals surface area contributed by atoms with Crippen molar-refractivity contribution in [3.8, 4) is 0 Å². The Morgan fingerprint density at radius 2 is 1.79 bits per heavy atom. The lowest BCUT2D eigenvalue weighted by molar-refractivity contribution is 0.102. The lowest BCUT2D eigenvalue weighted by atomic mass is 10.0. The molecule has 148 valence electrons. The summed E-state index contributed by atoms with van der Waals surface area (Å²) in [4.78, 5) is 12.7. The van der Waals surface area contributed by atoms with Crippen molar-refractivity contribution in [3.63, 3.8) is 0 Å². The highest BCUT2D eigenvalue weighted by Crippen LogP contribution is 2.38. The number of carbonyl (C=O) groups is 1. The van der Waals surface area contributed by atoms with Crippen LogP contribution in [0.25, 0.3) is 0 Å². The van der Waals surface area contributed by atoms with E-state index in [9.17, 15) is 22.0 Å². The summed E-state index contributed by atoms with van der Waals surface area (Å²) in [5, 5.41) is 2.08. The van der Waals surface area contributed by atoms with Crippen molar-refractivity contribution in [3.05, 3.63) is 63.7 Å². The van der Waals surface area contributed by atoms with Crippen molar-refractivity contribution < 1.29 is 22.0 Å². The zero-order valence-corrected chi connectivity index (χ0v) is 16.2. The first-order valence-corrected chi connectivity index (χ1v) is 10.8. The second kappa shape index (κ2) is 7.09. The normalized spacial score (nSPS) is 18.8. The van der Waals surface area contributed by atoms with Gasteiger partial charge in [-0.15, -0.1) is 0 Å². The van der Waals surface area contributed by atoms with Crippen LogP contribution in [0.5, 0.6) is 0 Å². The standard InChI is InChI=1S/C19H17ClF2N2O3S/c20-14-9-10(1-6-15(14)21)23-19(25)13-4-7-16(22)18-12(13)5-8-17(18)24-28(26,27)11-2-3-11/h1,4,6-7,9,11,17,24H,2-3,5,8H2,(H,23,25)/t17-/m0/s1. The number of halogens is 3. The summed E-state index contributed by atoms with van der Waals surface area (Å²) in [7, 11) is -3.49. The Hall–Kier alpha value is -2.03. The molecule has 0 radical (unpaired) electrons. The summed E-state index contributed by atoms with van der Waals surface area (Å²) in [5.74, 6) is -1.64. The summed E-state index contributed by atoms with van der Waals surface area (Å²) in [5.41, 5.74) is 1.26. The van der Waals surface area contributed by atoms with Gasteiger partial charge in [-0.25, -0.2) is 21.9 Å². The summed E-state index contributed by atoms with van der Waals surface area (Å²) < 4.78 is 54.8. The molecule has 2 aliphatic rings. The molecule has 0 bridgehead atoms. The lowest BCUT2D eigenvalue weighted by Crippen LogP contribution is -2.30. The van der Waals surface area contributed by atoms with Gasteiger partial charge in [0.15, 0.2) is 0 Å². The van der Waals surface area contributed by atoms with Crippen molar-refractivity contribution in [2.45, 2.75) is 37.0 Å². The highest BCUT2D eigenvalue weighted by molar-refractivity contribution is 7.90. The number of sulfonamides is 1. The minimum absolute atomic E-state index is 0.128. The van der Waals surface area contributed by atoms with Crippen molar-refractivity contribution >= 4 is 33.2 Å². The average Bonchev–Trinajstić information content (AvgIpc) is 3.42. The van der Waals surface area contributed by atoms with E-state index < -0.39 is 38.9 Å². The van der Waals surface area contributed by atoms with Crippen LogP contribution in [0.1, 0.15) is 46.8 Å². The maximum atomic E-state index is 14.5. The minimum atomic E-state index is -3.49. The van der Waals surface area contributed by atoms with Gasteiger partial charge in [-0.1, -0.05) is 11.6 Å². The van der Waals surface area contributed by atoms with Crippen LogP contribution in [0.2, 0.25) is 5.02 Å². The number of amides is 1. The molecule has 2 aromatic carbocycles. The van der Waals surface area contributed by atoms with Crippen LogP contribution >= 0.6 is 11.6 Å². The zero-order valence-electron chi connectivity index (χ0n) is 14.6. The van der Waals surface area contributed by atoms with Crippen LogP contribution in [0.3, 0.4) is 0 Å². The van der Waals surface area contributed by atoms with E-state index in [1.54, 1.807) is 0 Å². The Bertz CT molecular complexity index is 1070. The van der Waals surface area contributed by atoms with Crippen LogP contribution in [0.15, 0.2) is 30.3 Å². The molecule has 9 heteroatoms. The second-order valence-corrected chi connectivity index (χ2v) is 9.42. The van der Waals surface area contributed by atoms with Crippen LogP contribution in [-0.2, 0) is 16.4 Å². The van der Waals surface area contributed by atoms with Gasteiger partial charge >= 0.3 is 0 Å². The number of fused-ring (bicyclic) bond motifs is 1. The Morgan fingerprint density at radius 1 is 1.07 bits per heavy atom. The molecule has 1 saturated carbocycles. The molecular formula is C19H17ClF2N2O3S. The van der Waals surface area contributed by atoms with Crippen molar-refractivity contribution in [1.29, 1.82) is 0 Å². The Labute approximate surface area is 166 Å². The van der Waals surface area contributed by atoms with E-state index in [1.807, 2.05) is 0 Å². The molecule has 0 aliphatic heterocycles. The zero-order chi connectivity index (χ0) is 20.1. The number of hydrogen-bond acceptors (Lipinski definition) is 3. The molecule has 2 aromatic rings. The van der Waals surface area contributed by atoms with Crippen molar-refractivity contribution in [2.75, 3.05) is 5.32 Å². The SMILES string of the molecule is O=C(Nc1ccc(F)c(Cl)c1)c1ccc(F)c2c1CC[C@@H]2NS(=O)(=O)C1CC1. The highest BCUT2D eigenvalue weighted by atomic mass is 35.5. The molecule has 0 spiro atoms. The van der Waals surface area contributed by atoms with E-state index in [4.69, 9.17) is 11.6 Å². The molecule has 1 amide bonds. The van der Waals surface area contributed by atoms with E-state index in [1.165, 1.54) is 18.2 Å². The molecule has 0 unspecified atom stereocenters. The van der Waals surface area contributed by atoms with Crippen LogP contribution in [0.4, 0.5) is 14.5 Å². The van der Waals surface area contributed by atoms with E-state index in [0.717, 1.165) is 12.1 Å². The predicted octanol–water partition coefficient (Wildman–Crippen LogP) is 3.94. The Morgan fingerprint density at radius 3 is 2.46 bits per heavy atom. The third kappa shape index (κ3) is 3.64. The lowest BCUT2D eigenvalue weighted by Gasteiger charge is -2.16. The van der Waals surface area contributed by atoms with Gasteiger partial charge in [0.1, 0.15) is 11.6 Å². The summed E-state index contributed by atoms with van der Waals surface area (Å²) in [6.45, 7) is 0. The number of hydrogen-bond donors (Lipinski definition) is 2. The van der Waals surface area contributed by atoms with Gasteiger partial charge in [-0.3, -0.25) is 4.79 Å². The van der Waals surface area contributed by atoms with Gasteiger partial charge in [0, 0.05) is 16.8 Å². The maximum Gasteiger partial charge on any atom is 0.255 e. The molecule has 28 heavy (non-hydrogen) atoms. The second-order valence-electron chi connectivity index (χ2n) is 7.02. The van der Waals surface area contributed by atoms with Crippen LogP contribution in [-0.4, -0.2) is 19.6 Å². The predicted molar refractivity (Wildman–Crippen MR) is 102 cm³/mol. The van der Waals surface area contributed by atoms with Gasteiger partial charge in [-0.05, 0) is 61.6 Å². The summed E-state index contributed by atoms with van der Waals surface area (Å²) in [6.07, 6.45) is 1.98. The summed E-state index contributed by atoms with van der Waals surface area (Å²) in [6, 6.07) is 5.63. The smallest absolute Gasteiger partial charge is 0.255 e. The third-order valence-electron chi connectivity index (χ3n) is 5.03. The quantitative estimate of drug-likeness (QED) is 0.760. The molecule has 1 fully saturated rings. The Kier molecular flexibility index (Phi) is 4.89. The number of carbonyl (C=O) groups excluding carboxylic acids is 1. The molecule has 4 rings (SSSR count). The van der Waals surface area contributed by atoms with Crippen molar-refractivity contribution in [2.24, 2.45) is 0 Å². The van der Waals surface area contributed by atoms with Crippen molar-refractivity contribution in [1.82, 2.24) is 4.72 Å². The molecule has 0 saturated heterocycles.